The van der Waals surface area contributed by atoms with Crippen molar-refractivity contribution in [2.45, 2.75) is 19.4 Å². The number of rotatable bonds is 7. The van der Waals surface area contributed by atoms with E-state index in [1.165, 1.54) is 5.56 Å². The number of aliphatic imine (C=N–C) groups is 1. The van der Waals surface area contributed by atoms with Crippen LogP contribution in [-0.2, 0) is 11.3 Å². The molecule has 3 heterocycles. The van der Waals surface area contributed by atoms with E-state index in [-0.39, 0.29) is 17.7 Å². The minimum atomic E-state index is -0.163. The molecule has 3 aromatic carbocycles. The summed E-state index contributed by atoms with van der Waals surface area (Å²) in [4.78, 5) is 46.5. The van der Waals surface area contributed by atoms with Crippen molar-refractivity contribution in [1.82, 2.24) is 15.1 Å². The van der Waals surface area contributed by atoms with Crippen LogP contribution in [0.3, 0.4) is 0 Å². The summed E-state index contributed by atoms with van der Waals surface area (Å²) in [6, 6.07) is 20.9. The van der Waals surface area contributed by atoms with Crippen LogP contribution in [0.15, 0.2) is 71.7 Å². The van der Waals surface area contributed by atoms with Crippen molar-refractivity contribution in [3.63, 3.8) is 0 Å². The number of hydrogen-bond donors (Lipinski definition) is 1. The second-order valence-electron chi connectivity index (χ2n) is 10.3. The van der Waals surface area contributed by atoms with Crippen LogP contribution in [0.25, 0.3) is 0 Å². The normalized spacial score (nSPS) is 15.7. The van der Waals surface area contributed by atoms with E-state index in [1.807, 2.05) is 36.4 Å². The van der Waals surface area contributed by atoms with Gasteiger partial charge in [-0.25, -0.2) is 0 Å². The molecule has 0 unspecified atom stereocenters. The fourth-order valence-corrected chi connectivity index (χ4v) is 5.38. The van der Waals surface area contributed by atoms with Gasteiger partial charge < -0.3 is 24.6 Å². The average Bonchev–Trinajstić information content (AvgIpc) is 3.47. The summed E-state index contributed by atoms with van der Waals surface area (Å²) in [6.45, 7) is 4.00. The molecular weight excluding hydrogens is 520 g/mol. The predicted octanol–water partition coefficient (Wildman–Crippen LogP) is 3.30. The van der Waals surface area contributed by atoms with E-state index in [9.17, 15) is 14.4 Å². The Morgan fingerprint density at radius 3 is 2.32 bits per heavy atom. The molecule has 9 nitrogen and oxygen atoms in total. The third kappa shape index (κ3) is 5.79. The minimum Gasteiger partial charge on any atom is -0.486 e. The number of amides is 3. The number of ether oxygens (including phenoxy) is 2. The van der Waals surface area contributed by atoms with E-state index in [0.717, 1.165) is 16.8 Å². The quantitative estimate of drug-likeness (QED) is 0.454. The van der Waals surface area contributed by atoms with Gasteiger partial charge in [0.15, 0.2) is 11.5 Å². The summed E-state index contributed by atoms with van der Waals surface area (Å²) >= 11 is 0. The number of carbonyl (C=O) groups is 3. The molecule has 6 rings (SSSR count). The molecule has 3 aliphatic rings. The van der Waals surface area contributed by atoms with Gasteiger partial charge in [0.05, 0.1) is 12.3 Å². The molecule has 210 valence electrons. The Bertz CT molecular complexity index is 1490. The Morgan fingerprint density at radius 1 is 0.805 bits per heavy atom. The lowest BCUT2D eigenvalue weighted by molar-refractivity contribution is -0.132. The highest BCUT2D eigenvalue weighted by Crippen LogP contribution is 2.31. The maximum atomic E-state index is 13.0. The number of benzene rings is 3. The number of hydrogen-bond acceptors (Lipinski definition) is 6. The van der Waals surface area contributed by atoms with Gasteiger partial charge >= 0.3 is 0 Å². The van der Waals surface area contributed by atoms with Crippen molar-refractivity contribution >= 4 is 23.4 Å². The Morgan fingerprint density at radius 2 is 1.51 bits per heavy atom. The third-order valence-electron chi connectivity index (χ3n) is 7.66. The minimum absolute atomic E-state index is 0.0349. The first-order valence-electron chi connectivity index (χ1n) is 14.0. The number of fused-ring (bicyclic) bond motifs is 2. The summed E-state index contributed by atoms with van der Waals surface area (Å²) < 4.78 is 11.1. The Kier molecular flexibility index (Phi) is 7.67. The van der Waals surface area contributed by atoms with Crippen LogP contribution < -0.4 is 14.8 Å². The first kappa shape index (κ1) is 26.6. The van der Waals surface area contributed by atoms with Crippen LogP contribution >= 0.6 is 0 Å². The largest absolute Gasteiger partial charge is 0.486 e. The van der Waals surface area contributed by atoms with Gasteiger partial charge in [-0.3, -0.25) is 19.4 Å². The van der Waals surface area contributed by atoms with Crippen molar-refractivity contribution in [3.8, 4) is 11.5 Å². The molecule has 0 aliphatic carbocycles. The summed E-state index contributed by atoms with van der Waals surface area (Å²) in [5, 5.41) is 2.91. The molecule has 0 spiro atoms. The second-order valence-corrected chi connectivity index (χ2v) is 10.3. The van der Waals surface area contributed by atoms with E-state index < -0.39 is 0 Å². The highest BCUT2D eigenvalue weighted by Gasteiger charge is 2.26. The molecule has 41 heavy (non-hydrogen) atoms. The summed E-state index contributed by atoms with van der Waals surface area (Å²) in [5.74, 6) is 1.03. The van der Waals surface area contributed by atoms with Crippen molar-refractivity contribution in [3.05, 3.63) is 94.5 Å². The Labute approximate surface area is 238 Å². The van der Waals surface area contributed by atoms with Crippen LogP contribution in [0.4, 0.5) is 0 Å². The van der Waals surface area contributed by atoms with Gasteiger partial charge in [0.2, 0.25) is 5.91 Å². The van der Waals surface area contributed by atoms with Crippen LogP contribution in [0.5, 0.6) is 11.5 Å². The van der Waals surface area contributed by atoms with E-state index in [2.05, 4.69) is 22.4 Å². The molecule has 1 N–H and O–H groups in total. The molecule has 3 aromatic rings. The number of nitrogens with one attached hydrogen (secondary N) is 1. The maximum Gasteiger partial charge on any atom is 0.254 e. The zero-order valence-electron chi connectivity index (χ0n) is 22.8. The van der Waals surface area contributed by atoms with Gasteiger partial charge in [-0.15, -0.1) is 0 Å². The zero-order valence-corrected chi connectivity index (χ0v) is 22.8. The van der Waals surface area contributed by atoms with Gasteiger partial charge in [-0.2, -0.15) is 0 Å². The number of nitrogens with zero attached hydrogens (tertiary/aromatic N) is 3. The first-order chi connectivity index (χ1) is 20.1. The van der Waals surface area contributed by atoms with Gasteiger partial charge in [0.25, 0.3) is 11.8 Å². The van der Waals surface area contributed by atoms with Crippen LogP contribution in [0.2, 0.25) is 0 Å². The van der Waals surface area contributed by atoms with Gasteiger partial charge in [0.1, 0.15) is 13.2 Å². The van der Waals surface area contributed by atoms with E-state index in [1.54, 1.807) is 28.0 Å². The molecule has 0 radical (unpaired) electrons. The SMILES string of the molecule is O=C(NCCCC(=O)N1CCN(C(=O)c2ccc3c(c2)OCCO3)CC1)c1ccc(C2=NCc3ccccc32)cc1. The monoisotopic (exact) mass is 552 g/mol. The summed E-state index contributed by atoms with van der Waals surface area (Å²) in [6.07, 6.45) is 0.890. The zero-order chi connectivity index (χ0) is 28.2. The lowest BCUT2D eigenvalue weighted by Gasteiger charge is -2.35. The van der Waals surface area contributed by atoms with Crippen molar-refractivity contribution in [1.29, 1.82) is 0 Å². The molecule has 0 aromatic heterocycles. The maximum absolute atomic E-state index is 13.0. The summed E-state index contributed by atoms with van der Waals surface area (Å²) in [5.41, 5.74) is 5.43. The summed E-state index contributed by atoms with van der Waals surface area (Å²) in [7, 11) is 0. The molecule has 9 heteroatoms. The number of piperazine rings is 1. The molecule has 3 amide bonds. The molecule has 0 bridgehead atoms. The van der Waals surface area contributed by atoms with Gasteiger partial charge in [-0.05, 0) is 42.3 Å². The molecule has 1 saturated heterocycles. The highest BCUT2D eigenvalue weighted by molar-refractivity contribution is 6.15. The molecular formula is C32H32N4O5. The van der Waals surface area contributed by atoms with Crippen molar-refractivity contribution < 1.29 is 23.9 Å². The van der Waals surface area contributed by atoms with Crippen LogP contribution in [-0.4, -0.2) is 79.2 Å². The van der Waals surface area contributed by atoms with Crippen LogP contribution in [0, 0.1) is 0 Å². The third-order valence-corrected chi connectivity index (χ3v) is 7.66. The van der Waals surface area contributed by atoms with Crippen molar-refractivity contribution in [2.24, 2.45) is 4.99 Å². The Hall–Kier alpha value is -4.66. The number of carbonyl (C=O) groups excluding carboxylic acids is 3. The molecule has 3 aliphatic heterocycles. The van der Waals surface area contributed by atoms with E-state index >= 15 is 0 Å². The molecule has 0 atom stereocenters. The van der Waals surface area contributed by atoms with E-state index in [0.29, 0.717) is 87.9 Å². The van der Waals surface area contributed by atoms with Crippen LogP contribution in [0.1, 0.15) is 50.2 Å². The standard InChI is InChI=1S/C32H32N4O5/c37-29(35-14-16-36(17-15-35)32(39)24-11-12-27-28(20-24)41-19-18-40-27)6-3-13-33-31(38)23-9-7-22(8-10-23)30-26-5-2-1-4-25(26)21-34-30/h1-2,4-5,7-12,20H,3,6,13-19,21H2,(H,33,38). The fourth-order valence-electron chi connectivity index (χ4n) is 5.38. The topological polar surface area (TPSA) is 101 Å². The second kappa shape index (κ2) is 11.8. The van der Waals surface area contributed by atoms with Crippen molar-refractivity contribution in [2.75, 3.05) is 45.9 Å². The smallest absolute Gasteiger partial charge is 0.254 e. The highest BCUT2D eigenvalue weighted by atomic mass is 16.6. The predicted molar refractivity (Wildman–Crippen MR) is 154 cm³/mol. The van der Waals surface area contributed by atoms with E-state index in [4.69, 9.17) is 9.47 Å². The lowest BCUT2D eigenvalue weighted by Crippen LogP contribution is -2.50. The first-order valence-corrected chi connectivity index (χ1v) is 14.0. The molecule has 0 saturated carbocycles. The Balaban J connectivity index is 0.922. The lowest BCUT2D eigenvalue weighted by atomic mass is 9.99. The molecule has 1 fully saturated rings. The average molecular weight is 553 g/mol. The van der Waals surface area contributed by atoms with Gasteiger partial charge in [-0.1, -0.05) is 36.4 Å². The van der Waals surface area contributed by atoms with Gasteiger partial charge in [0, 0.05) is 61.4 Å². The fraction of sp³-hybridized carbons (Fsp3) is 0.312.